The molecule has 0 saturated carbocycles. The predicted octanol–water partition coefficient (Wildman–Crippen LogP) is 2.56. The minimum Gasteiger partial charge on any atom is -0.497 e. The highest BCUT2D eigenvalue weighted by Gasteiger charge is 2.21. The lowest BCUT2D eigenvalue weighted by molar-refractivity contribution is -0.139. The largest absolute Gasteiger partial charge is 0.497 e. The SMILES string of the molecule is COc1ccc(NC(=O)CN(C)C(=O)C(C)Oc2ccccc2)cc1. The van der Waals surface area contributed by atoms with Gasteiger partial charge in [0.1, 0.15) is 11.5 Å². The van der Waals surface area contributed by atoms with E-state index in [0.717, 1.165) is 0 Å². The molecule has 0 bridgehead atoms. The highest BCUT2D eigenvalue weighted by molar-refractivity contribution is 5.95. The number of hydrogen-bond acceptors (Lipinski definition) is 4. The molecule has 25 heavy (non-hydrogen) atoms. The molecule has 2 amide bonds. The molecule has 0 heterocycles. The number of nitrogens with one attached hydrogen (secondary N) is 1. The molecular weight excluding hydrogens is 320 g/mol. The Kier molecular flexibility index (Phi) is 6.39. The molecule has 6 nitrogen and oxygen atoms in total. The van der Waals surface area contributed by atoms with E-state index in [1.807, 2.05) is 18.2 Å². The van der Waals surface area contributed by atoms with Crippen molar-refractivity contribution in [2.45, 2.75) is 13.0 Å². The molecule has 2 aromatic carbocycles. The summed E-state index contributed by atoms with van der Waals surface area (Å²) in [5.41, 5.74) is 0.639. The fraction of sp³-hybridized carbons (Fsp3) is 0.263. The van der Waals surface area contributed by atoms with Crippen molar-refractivity contribution in [1.82, 2.24) is 4.90 Å². The molecule has 132 valence electrons. The zero-order valence-electron chi connectivity index (χ0n) is 14.6. The average Bonchev–Trinajstić information content (AvgIpc) is 2.62. The topological polar surface area (TPSA) is 67.9 Å². The van der Waals surface area contributed by atoms with Crippen molar-refractivity contribution in [3.8, 4) is 11.5 Å². The first-order valence-corrected chi connectivity index (χ1v) is 7.90. The van der Waals surface area contributed by atoms with Crippen LogP contribution in [0.2, 0.25) is 0 Å². The number of carbonyl (C=O) groups is 2. The minimum atomic E-state index is -0.679. The molecular formula is C19H22N2O4. The van der Waals surface area contributed by atoms with E-state index < -0.39 is 6.10 Å². The van der Waals surface area contributed by atoms with Gasteiger partial charge < -0.3 is 19.7 Å². The van der Waals surface area contributed by atoms with Crippen molar-refractivity contribution in [3.05, 3.63) is 54.6 Å². The first-order chi connectivity index (χ1) is 12.0. The van der Waals surface area contributed by atoms with Crippen LogP contribution in [0.5, 0.6) is 11.5 Å². The van der Waals surface area contributed by atoms with Crippen molar-refractivity contribution in [1.29, 1.82) is 0 Å². The Morgan fingerprint density at radius 1 is 1.04 bits per heavy atom. The van der Waals surface area contributed by atoms with Crippen LogP contribution in [0, 0.1) is 0 Å². The molecule has 2 rings (SSSR count). The molecule has 6 heteroatoms. The first-order valence-electron chi connectivity index (χ1n) is 7.90. The molecule has 2 aromatic rings. The van der Waals surface area contributed by atoms with Gasteiger partial charge in [-0.15, -0.1) is 0 Å². The molecule has 1 N–H and O–H groups in total. The van der Waals surface area contributed by atoms with Crippen LogP contribution in [-0.4, -0.2) is 43.5 Å². The number of carbonyl (C=O) groups excluding carboxylic acids is 2. The molecule has 0 radical (unpaired) electrons. The number of hydrogen-bond donors (Lipinski definition) is 1. The van der Waals surface area contributed by atoms with Crippen LogP contribution in [0.15, 0.2) is 54.6 Å². The Bertz CT molecular complexity index is 701. The average molecular weight is 342 g/mol. The Labute approximate surface area is 147 Å². The van der Waals surface area contributed by atoms with E-state index in [4.69, 9.17) is 9.47 Å². The van der Waals surface area contributed by atoms with Gasteiger partial charge in [-0.05, 0) is 43.3 Å². The number of amides is 2. The summed E-state index contributed by atoms with van der Waals surface area (Å²) in [5.74, 6) is 0.762. The molecule has 0 fully saturated rings. The van der Waals surface area contributed by atoms with Crippen LogP contribution in [0.1, 0.15) is 6.92 Å². The van der Waals surface area contributed by atoms with E-state index in [9.17, 15) is 9.59 Å². The molecule has 0 saturated heterocycles. The number of likely N-dealkylation sites (N-methyl/N-ethyl adjacent to an activating group) is 1. The fourth-order valence-corrected chi connectivity index (χ4v) is 2.23. The van der Waals surface area contributed by atoms with E-state index in [-0.39, 0.29) is 18.4 Å². The summed E-state index contributed by atoms with van der Waals surface area (Å²) in [6, 6.07) is 16.1. The first kappa shape index (κ1) is 18.3. The van der Waals surface area contributed by atoms with Gasteiger partial charge in [-0.1, -0.05) is 18.2 Å². The predicted molar refractivity (Wildman–Crippen MR) is 95.8 cm³/mol. The Morgan fingerprint density at radius 2 is 1.68 bits per heavy atom. The lowest BCUT2D eigenvalue weighted by atomic mass is 10.3. The quantitative estimate of drug-likeness (QED) is 0.840. The van der Waals surface area contributed by atoms with E-state index in [0.29, 0.717) is 17.2 Å². The van der Waals surface area contributed by atoms with E-state index in [1.54, 1.807) is 57.5 Å². The monoisotopic (exact) mass is 342 g/mol. The van der Waals surface area contributed by atoms with Gasteiger partial charge in [0.05, 0.1) is 13.7 Å². The molecule has 0 spiro atoms. The molecule has 0 aliphatic carbocycles. The number of nitrogens with zero attached hydrogens (tertiary/aromatic N) is 1. The van der Waals surface area contributed by atoms with Gasteiger partial charge in [-0.25, -0.2) is 0 Å². The van der Waals surface area contributed by atoms with E-state index in [1.165, 1.54) is 4.90 Å². The van der Waals surface area contributed by atoms with Gasteiger partial charge in [0.25, 0.3) is 5.91 Å². The van der Waals surface area contributed by atoms with Crippen LogP contribution >= 0.6 is 0 Å². The van der Waals surface area contributed by atoms with Crippen molar-refractivity contribution < 1.29 is 19.1 Å². The third-order valence-corrected chi connectivity index (χ3v) is 3.53. The van der Waals surface area contributed by atoms with Crippen LogP contribution in [0.4, 0.5) is 5.69 Å². The maximum atomic E-state index is 12.3. The summed E-state index contributed by atoms with van der Waals surface area (Å²) < 4.78 is 10.7. The molecule has 1 atom stereocenters. The standard InChI is InChI=1S/C19H22N2O4/c1-14(25-17-7-5-4-6-8-17)19(23)21(2)13-18(22)20-15-9-11-16(24-3)12-10-15/h4-12,14H,13H2,1-3H3,(H,20,22). The summed E-state index contributed by atoms with van der Waals surface area (Å²) in [6.45, 7) is 1.60. The molecule has 0 aliphatic heterocycles. The molecule has 0 aromatic heterocycles. The van der Waals surface area contributed by atoms with Crippen molar-refractivity contribution >= 4 is 17.5 Å². The number of rotatable bonds is 7. The molecule has 1 unspecified atom stereocenters. The fourth-order valence-electron chi connectivity index (χ4n) is 2.23. The summed E-state index contributed by atoms with van der Waals surface area (Å²) in [7, 11) is 3.15. The van der Waals surface area contributed by atoms with Crippen molar-refractivity contribution in [2.24, 2.45) is 0 Å². The number of para-hydroxylation sites is 1. The highest BCUT2D eigenvalue weighted by atomic mass is 16.5. The van der Waals surface area contributed by atoms with Crippen LogP contribution in [-0.2, 0) is 9.59 Å². The maximum Gasteiger partial charge on any atom is 0.263 e. The maximum absolute atomic E-state index is 12.3. The normalized spacial score (nSPS) is 11.3. The third kappa shape index (κ3) is 5.53. The van der Waals surface area contributed by atoms with E-state index in [2.05, 4.69) is 5.32 Å². The zero-order valence-corrected chi connectivity index (χ0v) is 14.6. The Balaban J connectivity index is 1.85. The van der Waals surface area contributed by atoms with Gasteiger partial charge in [-0.2, -0.15) is 0 Å². The number of ether oxygens (including phenoxy) is 2. The van der Waals surface area contributed by atoms with Crippen molar-refractivity contribution in [3.63, 3.8) is 0 Å². The van der Waals surface area contributed by atoms with Crippen LogP contribution < -0.4 is 14.8 Å². The lowest BCUT2D eigenvalue weighted by Gasteiger charge is -2.21. The molecule has 0 aliphatic rings. The number of benzene rings is 2. The number of methoxy groups -OCH3 is 1. The Morgan fingerprint density at radius 3 is 2.28 bits per heavy atom. The van der Waals surface area contributed by atoms with Gasteiger partial charge in [-0.3, -0.25) is 9.59 Å². The number of anilines is 1. The zero-order chi connectivity index (χ0) is 18.2. The summed E-state index contributed by atoms with van der Waals surface area (Å²) >= 11 is 0. The lowest BCUT2D eigenvalue weighted by Crippen LogP contribution is -2.41. The van der Waals surface area contributed by atoms with Crippen LogP contribution in [0.25, 0.3) is 0 Å². The smallest absolute Gasteiger partial charge is 0.263 e. The van der Waals surface area contributed by atoms with Gasteiger partial charge in [0.15, 0.2) is 6.10 Å². The summed E-state index contributed by atoms with van der Waals surface area (Å²) in [6.07, 6.45) is -0.679. The highest BCUT2D eigenvalue weighted by Crippen LogP contribution is 2.15. The van der Waals surface area contributed by atoms with Crippen LogP contribution in [0.3, 0.4) is 0 Å². The third-order valence-electron chi connectivity index (χ3n) is 3.53. The minimum absolute atomic E-state index is 0.0622. The van der Waals surface area contributed by atoms with Crippen molar-refractivity contribution in [2.75, 3.05) is 26.0 Å². The van der Waals surface area contributed by atoms with Gasteiger partial charge in [0, 0.05) is 12.7 Å². The summed E-state index contributed by atoms with van der Waals surface area (Å²) in [5, 5.41) is 2.74. The Hall–Kier alpha value is -3.02. The van der Waals surface area contributed by atoms with Gasteiger partial charge in [0.2, 0.25) is 5.91 Å². The van der Waals surface area contributed by atoms with Gasteiger partial charge >= 0.3 is 0 Å². The second kappa shape index (κ2) is 8.73. The second-order valence-electron chi connectivity index (χ2n) is 5.54. The van der Waals surface area contributed by atoms with E-state index >= 15 is 0 Å². The summed E-state index contributed by atoms with van der Waals surface area (Å²) in [4.78, 5) is 25.7. The second-order valence-corrected chi connectivity index (χ2v) is 5.54.